The van der Waals surface area contributed by atoms with E-state index in [1.807, 2.05) is 18.2 Å². The minimum absolute atomic E-state index is 0.190. The Bertz CT molecular complexity index is 522. The number of benzene rings is 1. The molecule has 1 aromatic heterocycles. The second-order valence-electron chi connectivity index (χ2n) is 4.37. The number of fused-ring (bicyclic) bond motifs is 1. The number of ether oxygens (including phenoxy) is 1. The van der Waals surface area contributed by atoms with Gasteiger partial charge in [-0.3, -0.25) is 0 Å². The molecule has 1 unspecified atom stereocenters. The van der Waals surface area contributed by atoms with E-state index in [0.29, 0.717) is 6.61 Å². The molecule has 0 saturated carbocycles. The van der Waals surface area contributed by atoms with E-state index in [2.05, 4.69) is 5.32 Å². The van der Waals surface area contributed by atoms with Gasteiger partial charge in [-0.05, 0) is 24.3 Å². The molecule has 1 aromatic carbocycles. The van der Waals surface area contributed by atoms with E-state index in [0.717, 1.165) is 30.0 Å². The lowest BCUT2D eigenvalue weighted by Gasteiger charge is -2.10. The van der Waals surface area contributed by atoms with E-state index < -0.39 is 0 Å². The summed E-state index contributed by atoms with van der Waals surface area (Å²) in [6.45, 7) is 1.44. The topological polar surface area (TPSA) is 54.6 Å². The van der Waals surface area contributed by atoms with Crippen molar-refractivity contribution in [3.63, 3.8) is 0 Å². The lowest BCUT2D eigenvalue weighted by atomic mass is 10.1. The van der Waals surface area contributed by atoms with Crippen molar-refractivity contribution in [1.82, 2.24) is 5.32 Å². The summed E-state index contributed by atoms with van der Waals surface area (Å²) >= 11 is 0. The van der Waals surface area contributed by atoms with Crippen molar-refractivity contribution in [3.05, 3.63) is 47.9 Å². The molecule has 1 aliphatic heterocycles. The van der Waals surface area contributed by atoms with E-state index in [9.17, 15) is 5.11 Å². The summed E-state index contributed by atoms with van der Waals surface area (Å²) in [5, 5.41) is 12.8. The molecule has 18 heavy (non-hydrogen) atoms. The quantitative estimate of drug-likeness (QED) is 0.867. The van der Waals surface area contributed by atoms with Gasteiger partial charge in [0.05, 0.1) is 12.3 Å². The summed E-state index contributed by atoms with van der Waals surface area (Å²) in [4.78, 5) is 0. The van der Waals surface area contributed by atoms with Crippen LogP contribution in [0.4, 0.5) is 0 Å². The summed E-state index contributed by atoms with van der Waals surface area (Å²) in [7, 11) is 0. The highest BCUT2D eigenvalue weighted by molar-refractivity contribution is 5.44. The maximum atomic E-state index is 9.37. The van der Waals surface area contributed by atoms with Gasteiger partial charge in [0.25, 0.3) is 0 Å². The Morgan fingerprint density at radius 1 is 1.33 bits per heavy atom. The lowest BCUT2D eigenvalue weighted by molar-refractivity contribution is 0.310. The number of aromatic hydroxyl groups is 1. The molecule has 0 spiro atoms. The fourth-order valence-corrected chi connectivity index (χ4v) is 2.19. The number of rotatable bonds is 4. The zero-order valence-corrected chi connectivity index (χ0v) is 9.93. The van der Waals surface area contributed by atoms with Crippen LogP contribution in [0.1, 0.15) is 17.4 Å². The molecule has 0 aliphatic carbocycles. The van der Waals surface area contributed by atoms with Crippen molar-refractivity contribution in [1.29, 1.82) is 0 Å². The van der Waals surface area contributed by atoms with Gasteiger partial charge in [0, 0.05) is 24.6 Å². The lowest BCUT2D eigenvalue weighted by Crippen LogP contribution is -2.24. The van der Waals surface area contributed by atoms with Gasteiger partial charge in [-0.15, -0.1) is 0 Å². The second kappa shape index (κ2) is 4.74. The van der Waals surface area contributed by atoms with E-state index in [-0.39, 0.29) is 11.8 Å². The summed E-state index contributed by atoms with van der Waals surface area (Å²) in [5.41, 5.74) is 1.10. The third-order valence-corrected chi connectivity index (χ3v) is 3.12. The maximum absolute atomic E-state index is 9.37. The second-order valence-corrected chi connectivity index (χ2v) is 4.37. The smallest absolute Gasteiger partial charge is 0.127 e. The maximum Gasteiger partial charge on any atom is 0.127 e. The van der Waals surface area contributed by atoms with Crippen LogP contribution in [0.2, 0.25) is 0 Å². The molecule has 0 bridgehead atoms. The van der Waals surface area contributed by atoms with Gasteiger partial charge in [-0.2, -0.15) is 0 Å². The Morgan fingerprint density at radius 3 is 3.11 bits per heavy atom. The van der Waals surface area contributed by atoms with E-state index in [1.54, 1.807) is 18.4 Å². The number of phenolic OH excluding ortho intramolecular Hbond substituents is 1. The Kier molecular flexibility index (Phi) is 2.94. The molecule has 1 aliphatic rings. The zero-order valence-electron chi connectivity index (χ0n) is 9.93. The molecule has 2 aromatic rings. The minimum Gasteiger partial charge on any atom is -0.508 e. The molecule has 4 heteroatoms. The van der Waals surface area contributed by atoms with Crippen molar-refractivity contribution < 1.29 is 14.3 Å². The summed E-state index contributed by atoms with van der Waals surface area (Å²) < 4.78 is 10.8. The Hall–Kier alpha value is -1.94. The molecule has 3 rings (SSSR count). The predicted molar refractivity (Wildman–Crippen MR) is 66.8 cm³/mol. The fourth-order valence-electron chi connectivity index (χ4n) is 2.19. The molecule has 94 valence electrons. The largest absolute Gasteiger partial charge is 0.508 e. The molecule has 0 saturated heterocycles. The minimum atomic E-state index is 0.190. The first-order chi connectivity index (χ1) is 8.83. The number of hydrogen-bond acceptors (Lipinski definition) is 4. The third-order valence-electron chi connectivity index (χ3n) is 3.12. The molecule has 4 nitrogen and oxygen atoms in total. The van der Waals surface area contributed by atoms with E-state index >= 15 is 0 Å². The van der Waals surface area contributed by atoms with E-state index in [4.69, 9.17) is 9.15 Å². The van der Waals surface area contributed by atoms with Crippen molar-refractivity contribution in [2.24, 2.45) is 0 Å². The zero-order chi connectivity index (χ0) is 12.4. The molecule has 2 heterocycles. The van der Waals surface area contributed by atoms with Crippen LogP contribution in [-0.4, -0.2) is 18.3 Å². The van der Waals surface area contributed by atoms with Crippen molar-refractivity contribution in [3.8, 4) is 11.5 Å². The number of hydrogen-bond donors (Lipinski definition) is 2. The molecule has 2 N–H and O–H groups in total. The average Bonchev–Trinajstić information content (AvgIpc) is 2.99. The van der Waals surface area contributed by atoms with Crippen LogP contribution in [0.25, 0.3) is 0 Å². The number of phenols is 1. The van der Waals surface area contributed by atoms with Gasteiger partial charge in [0.15, 0.2) is 0 Å². The van der Waals surface area contributed by atoms with Crippen LogP contribution in [0.15, 0.2) is 41.0 Å². The monoisotopic (exact) mass is 245 g/mol. The van der Waals surface area contributed by atoms with Gasteiger partial charge in [-0.25, -0.2) is 0 Å². The Balaban J connectivity index is 1.59. The Labute approximate surface area is 105 Å². The fraction of sp³-hybridized carbons (Fsp3) is 0.286. The van der Waals surface area contributed by atoms with Gasteiger partial charge in [0.1, 0.15) is 23.9 Å². The third kappa shape index (κ3) is 2.19. The summed E-state index contributed by atoms with van der Waals surface area (Å²) in [6, 6.07) is 9.31. The number of furan rings is 1. The molecule has 0 amide bonds. The first-order valence-electron chi connectivity index (χ1n) is 6.04. The highest BCUT2D eigenvalue weighted by Crippen LogP contribution is 2.34. The highest BCUT2D eigenvalue weighted by atomic mass is 16.5. The highest BCUT2D eigenvalue weighted by Gasteiger charge is 2.23. The normalized spacial score (nSPS) is 17.4. The average molecular weight is 245 g/mol. The molecular weight excluding hydrogens is 230 g/mol. The molecular formula is C14H15NO3. The van der Waals surface area contributed by atoms with Gasteiger partial charge < -0.3 is 19.6 Å². The standard InChI is InChI=1S/C14H15NO3/c16-10-3-4-12-13(9-18-14(12)8-10)15-6-5-11-2-1-7-17-11/h1-4,7-8,13,15-16H,5-6,9H2. The van der Waals surface area contributed by atoms with Crippen LogP contribution in [-0.2, 0) is 6.42 Å². The summed E-state index contributed by atoms with van der Waals surface area (Å²) in [5.74, 6) is 1.99. The van der Waals surface area contributed by atoms with E-state index in [1.165, 1.54) is 0 Å². The first kappa shape index (κ1) is 11.2. The number of nitrogens with one attached hydrogen (secondary N) is 1. The molecule has 1 atom stereocenters. The van der Waals surface area contributed by atoms with Gasteiger partial charge >= 0.3 is 0 Å². The van der Waals surface area contributed by atoms with Crippen LogP contribution < -0.4 is 10.1 Å². The molecule has 0 fully saturated rings. The van der Waals surface area contributed by atoms with Crippen LogP contribution in [0.5, 0.6) is 11.5 Å². The SMILES string of the molecule is Oc1ccc2c(c1)OCC2NCCc1ccco1. The van der Waals surface area contributed by atoms with Crippen LogP contribution in [0.3, 0.4) is 0 Å². The van der Waals surface area contributed by atoms with Crippen molar-refractivity contribution in [2.75, 3.05) is 13.2 Å². The van der Waals surface area contributed by atoms with Gasteiger partial charge in [0.2, 0.25) is 0 Å². The van der Waals surface area contributed by atoms with Crippen molar-refractivity contribution in [2.45, 2.75) is 12.5 Å². The Morgan fingerprint density at radius 2 is 2.28 bits per heavy atom. The molecule has 0 radical (unpaired) electrons. The predicted octanol–water partition coefficient (Wildman–Crippen LogP) is 2.25. The van der Waals surface area contributed by atoms with Crippen molar-refractivity contribution >= 4 is 0 Å². The van der Waals surface area contributed by atoms with Crippen LogP contribution >= 0.6 is 0 Å². The van der Waals surface area contributed by atoms with Gasteiger partial charge in [-0.1, -0.05) is 0 Å². The summed E-state index contributed by atoms with van der Waals surface area (Å²) in [6.07, 6.45) is 2.54. The first-order valence-corrected chi connectivity index (χ1v) is 6.04. The van der Waals surface area contributed by atoms with Crippen LogP contribution in [0, 0.1) is 0 Å².